The number of benzene rings is 2. The van der Waals surface area contributed by atoms with Crippen molar-refractivity contribution in [2.75, 3.05) is 6.61 Å². The maximum absolute atomic E-state index is 14.5. The molecule has 0 spiro atoms. The van der Waals surface area contributed by atoms with E-state index in [4.69, 9.17) is 4.84 Å². The van der Waals surface area contributed by atoms with Crippen molar-refractivity contribution in [1.29, 1.82) is 10.5 Å². The molecular formula is C27H25F2N5O2. The van der Waals surface area contributed by atoms with E-state index in [1.807, 2.05) is 12.1 Å². The Balaban J connectivity index is 1.26. The number of rotatable bonds is 4. The van der Waals surface area contributed by atoms with Gasteiger partial charge >= 0.3 is 0 Å². The largest absolute Gasteiger partial charge is 0.272 e. The summed E-state index contributed by atoms with van der Waals surface area (Å²) in [5, 5.41) is 24.7. The Morgan fingerprint density at radius 1 is 1.06 bits per heavy atom. The molecule has 2 heterocycles. The van der Waals surface area contributed by atoms with Crippen molar-refractivity contribution < 1.29 is 18.4 Å². The summed E-state index contributed by atoms with van der Waals surface area (Å²) < 4.78 is 30.3. The van der Waals surface area contributed by atoms with Gasteiger partial charge in [-0.05, 0) is 74.4 Å². The van der Waals surface area contributed by atoms with Crippen LogP contribution >= 0.6 is 0 Å². The monoisotopic (exact) mass is 489 g/mol. The van der Waals surface area contributed by atoms with Gasteiger partial charge in [0.05, 0.1) is 52.5 Å². The van der Waals surface area contributed by atoms with Crippen LogP contribution in [-0.2, 0) is 16.2 Å². The van der Waals surface area contributed by atoms with E-state index in [0.29, 0.717) is 54.6 Å². The first-order chi connectivity index (χ1) is 17.4. The van der Waals surface area contributed by atoms with Crippen molar-refractivity contribution in [1.82, 2.24) is 14.8 Å². The molecule has 0 N–H and O–H groups in total. The molecule has 36 heavy (non-hydrogen) atoms. The Hall–Kier alpha value is -3.82. The number of carbonyl (C=O) groups excluding carboxylic acids is 1. The Morgan fingerprint density at radius 3 is 2.50 bits per heavy atom. The smallest absolute Gasteiger partial charge is 0.249 e. The zero-order chi connectivity index (χ0) is 25.4. The molecule has 1 aliphatic carbocycles. The first-order valence-corrected chi connectivity index (χ1v) is 12.1. The van der Waals surface area contributed by atoms with Gasteiger partial charge in [-0.2, -0.15) is 15.6 Å². The van der Waals surface area contributed by atoms with Crippen LogP contribution in [0.15, 0.2) is 30.3 Å². The number of hydrogen-bond acceptors (Lipinski definition) is 5. The standard InChI is InChI=1S/C27H25F2N5O2/c1-16-26-23(29)10-19(14-31)11-25(26)33(32-16)15-17-2-4-20(5-3-17)27(35)34-24(6-7-36-34)21-8-18(13-30)9-22(28)12-21/h8-12,17,20,24H,2-7,15H2,1H3/t17?,20?,24-/m0/s1. The minimum atomic E-state index is -0.507. The van der Waals surface area contributed by atoms with Gasteiger partial charge in [0.15, 0.2) is 0 Å². The van der Waals surface area contributed by atoms with E-state index in [9.17, 15) is 24.1 Å². The van der Waals surface area contributed by atoms with E-state index in [1.165, 1.54) is 23.3 Å². The lowest BCUT2D eigenvalue weighted by molar-refractivity contribution is -0.183. The topological polar surface area (TPSA) is 94.9 Å². The molecule has 2 aromatic carbocycles. The number of aromatic nitrogens is 2. The van der Waals surface area contributed by atoms with Crippen molar-refractivity contribution >= 4 is 16.8 Å². The van der Waals surface area contributed by atoms with Crippen LogP contribution in [0.3, 0.4) is 0 Å². The second-order valence-corrected chi connectivity index (χ2v) is 9.64. The van der Waals surface area contributed by atoms with Crippen LogP contribution in [0.25, 0.3) is 10.9 Å². The highest BCUT2D eigenvalue weighted by molar-refractivity contribution is 5.84. The molecule has 1 aromatic heterocycles. The average molecular weight is 490 g/mol. The molecule has 1 atom stereocenters. The van der Waals surface area contributed by atoms with Crippen LogP contribution in [-0.4, -0.2) is 27.4 Å². The van der Waals surface area contributed by atoms with Crippen molar-refractivity contribution in [3.63, 3.8) is 0 Å². The second-order valence-electron chi connectivity index (χ2n) is 9.64. The Kier molecular flexibility index (Phi) is 6.42. The van der Waals surface area contributed by atoms with Crippen LogP contribution in [0, 0.1) is 53.1 Å². The molecule has 1 amide bonds. The molecule has 1 saturated carbocycles. The van der Waals surface area contributed by atoms with Crippen molar-refractivity contribution in [2.45, 2.75) is 51.6 Å². The summed E-state index contributed by atoms with van der Waals surface area (Å²) >= 11 is 0. The summed E-state index contributed by atoms with van der Waals surface area (Å²) in [5.41, 5.74) is 2.24. The Bertz CT molecular complexity index is 1410. The third-order valence-corrected chi connectivity index (χ3v) is 7.29. The maximum atomic E-state index is 14.5. The molecule has 1 aliphatic heterocycles. The van der Waals surface area contributed by atoms with Gasteiger partial charge in [0.2, 0.25) is 5.91 Å². The summed E-state index contributed by atoms with van der Waals surface area (Å²) in [7, 11) is 0. The number of fused-ring (bicyclic) bond motifs is 1. The van der Waals surface area contributed by atoms with E-state index in [-0.39, 0.29) is 28.9 Å². The predicted octanol–water partition coefficient (Wildman–Crippen LogP) is 5.08. The lowest BCUT2D eigenvalue weighted by Gasteiger charge is -2.32. The number of nitriles is 2. The molecule has 2 fully saturated rings. The number of halogens is 2. The molecule has 9 heteroatoms. The highest BCUT2D eigenvalue weighted by Crippen LogP contribution is 2.37. The fourth-order valence-corrected chi connectivity index (χ4v) is 5.52. The van der Waals surface area contributed by atoms with Crippen molar-refractivity contribution in [3.05, 3.63) is 64.4 Å². The van der Waals surface area contributed by atoms with Crippen LogP contribution in [0.2, 0.25) is 0 Å². The highest BCUT2D eigenvalue weighted by Gasteiger charge is 2.37. The summed E-state index contributed by atoms with van der Waals surface area (Å²) in [6.07, 6.45) is 3.50. The summed E-state index contributed by atoms with van der Waals surface area (Å²) in [4.78, 5) is 19.0. The van der Waals surface area contributed by atoms with Gasteiger partial charge in [-0.25, -0.2) is 13.8 Å². The molecular weight excluding hydrogens is 464 g/mol. The third kappa shape index (κ3) is 4.43. The number of amides is 1. The molecule has 7 nitrogen and oxygen atoms in total. The van der Waals surface area contributed by atoms with Gasteiger partial charge in [0.25, 0.3) is 0 Å². The minimum Gasteiger partial charge on any atom is -0.272 e. The lowest BCUT2D eigenvalue weighted by atomic mass is 9.81. The summed E-state index contributed by atoms with van der Waals surface area (Å²) in [5.74, 6) is -0.999. The molecule has 184 valence electrons. The number of nitrogens with zero attached hydrogens (tertiary/aromatic N) is 5. The van der Waals surface area contributed by atoms with E-state index in [2.05, 4.69) is 5.10 Å². The number of carbonyl (C=O) groups is 1. The lowest BCUT2D eigenvalue weighted by Crippen LogP contribution is -2.37. The SMILES string of the molecule is Cc1nn(CC2CCC(C(=O)N3OCC[C@H]3c3cc(F)cc(C#N)c3)CC2)c2cc(C#N)cc(F)c12. The summed E-state index contributed by atoms with van der Waals surface area (Å²) in [6, 6.07) is 10.6. The van der Waals surface area contributed by atoms with Gasteiger partial charge in [0.1, 0.15) is 11.6 Å². The molecule has 0 unspecified atom stereocenters. The van der Waals surface area contributed by atoms with Gasteiger partial charge in [-0.1, -0.05) is 0 Å². The second kappa shape index (κ2) is 9.67. The molecule has 3 aromatic rings. The molecule has 0 bridgehead atoms. The van der Waals surface area contributed by atoms with Crippen LogP contribution < -0.4 is 0 Å². The van der Waals surface area contributed by atoms with Gasteiger partial charge in [-0.15, -0.1) is 0 Å². The van der Waals surface area contributed by atoms with Crippen molar-refractivity contribution in [2.24, 2.45) is 11.8 Å². The fourth-order valence-electron chi connectivity index (χ4n) is 5.52. The van der Waals surface area contributed by atoms with Crippen LogP contribution in [0.5, 0.6) is 0 Å². The average Bonchev–Trinajstić information content (AvgIpc) is 3.48. The quantitative estimate of drug-likeness (QED) is 0.510. The molecule has 5 rings (SSSR count). The van der Waals surface area contributed by atoms with Crippen molar-refractivity contribution in [3.8, 4) is 12.1 Å². The van der Waals surface area contributed by atoms with E-state index in [1.54, 1.807) is 23.7 Å². The van der Waals surface area contributed by atoms with E-state index < -0.39 is 17.7 Å². The van der Waals surface area contributed by atoms with Gasteiger partial charge in [-0.3, -0.25) is 14.3 Å². The number of hydroxylamine groups is 2. The first-order valence-electron chi connectivity index (χ1n) is 12.1. The van der Waals surface area contributed by atoms with Crippen LogP contribution in [0.1, 0.15) is 60.5 Å². The van der Waals surface area contributed by atoms with E-state index in [0.717, 1.165) is 12.8 Å². The minimum absolute atomic E-state index is 0.111. The maximum Gasteiger partial charge on any atom is 0.249 e. The zero-order valence-corrected chi connectivity index (χ0v) is 19.9. The predicted molar refractivity (Wildman–Crippen MR) is 126 cm³/mol. The van der Waals surface area contributed by atoms with E-state index >= 15 is 0 Å². The first kappa shape index (κ1) is 23.9. The highest BCUT2D eigenvalue weighted by atomic mass is 19.1. The fraction of sp³-hybridized carbons (Fsp3) is 0.407. The molecule has 1 saturated heterocycles. The van der Waals surface area contributed by atoms with Crippen LogP contribution in [0.4, 0.5) is 8.78 Å². The van der Waals surface area contributed by atoms with Gasteiger partial charge in [0, 0.05) is 18.9 Å². The zero-order valence-electron chi connectivity index (χ0n) is 19.9. The molecule has 0 radical (unpaired) electrons. The third-order valence-electron chi connectivity index (χ3n) is 7.29. The summed E-state index contributed by atoms with van der Waals surface area (Å²) in [6.45, 7) is 2.70. The number of hydrogen-bond donors (Lipinski definition) is 0. The Labute approximate surface area is 207 Å². The Morgan fingerprint density at radius 2 is 1.78 bits per heavy atom. The van der Waals surface area contributed by atoms with Gasteiger partial charge < -0.3 is 0 Å². The number of aryl methyl sites for hydroxylation is 1. The molecule has 2 aliphatic rings. The normalized spacial score (nSPS) is 21.9.